The summed E-state index contributed by atoms with van der Waals surface area (Å²) in [7, 11) is 0. The SMILES string of the molecule is OCCN1CCN(C2Cc3cc(Cl)cc(Cl)c3Sc3ccccc32)CC1. The van der Waals surface area contributed by atoms with E-state index in [9.17, 15) is 5.11 Å². The first-order chi connectivity index (χ1) is 12.7. The molecule has 0 aliphatic carbocycles. The highest BCUT2D eigenvalue weighted by atomic mass is 35.5. The summed E-state index contributed by atoms with van der Waals surface area (Å²) in [6, 6.07) is 12.9. The quantitative estimate of drug-likeness (QED) is 0.816. The molecule has 0 amide bonds. The standard InChI is InChI=1S/C20H22Cl2N2OS/c21-15-11-14-12-18(24-7-5-23(6-8-24)9-10-25)16-3-1-2-4-19(16)26-20(14)17(22)13-15/h1-4,11,13,18,25H,5-10,12H2. The van der Waals surface area contributed by atoms with Crippen molar-refractivity contribution in [3.8, 4) is 0 Å². The Bertz CT molecular complexity index is 793. The minimum absolute atomic E-state index is 0.229. The van der Waals surface area contributed by atoms with Gasteiger partial charge in [-0.15, -0.1) is 0 Å². The van der Waals surface area contributed by atoms with Gasteiger partial charge in [0.25, 0.3) is 0 Å². The van der Waals surface area contributed by atoms with Crippen molar-refractivity contribution in [2.24, 2.45) is 0 Å². The third-order valence-corrected chi connectivity index (χ3v) is 7.16. The number of piperazine rings is 1. The molecule has 1 fully saturated rings. The Hall–Kier alpha value is -0.750. The van der Waals surface area contributed by atoms with Crippen LogP contribution >= 0.6 is 35.0 Å². The Morgan fingerprint density at radius 3 is 2.62 bits per heavy atom. The van der Waals surface area contributed by atoms with Crippen LogP contribution in [0, 0.1) is 0 Å². The van der Waals surface area contributed by atoms with Crippen LogP contribution in [-0.2, 0) is 6.42 Å². The number of nitrogens with zero attached hydrogens (tertiary/aromatic N) is 2. The zero-order valence-electron chi connectivity index (χ0n) is 14.5. The Kier molecular flexibility index (Phi) is 5.79. The van der Waals surface area contributed by atoms with Crippen LogP contribution in [0.2, 0.25) is 10.0 Å². The van der Waals surface area contributed by atoms with E-state index in [1.807, 2.05) is 6.07 Å². The molecule has 0 bridgehead atoms. The zero-order valence-corrected chi connectivity index (χ0v) is 16.8. The average molecular weight is 409 g/mol. The highest BCUT2D eigenvalue weighted by Gasteiger charge is 2.30. The number of rotatable bonds is 3. The lowest BCUT2D eigenvalue weighted by Crippen LogP contribution is -2.48. The number of hydrogen-bond donors (Lipinski definition) is 1. The number of fused-ring (bicyclic) bond motifs is 2. The zero-order chi connectivity index (χ0) is 18.1. The number of aliphatic hydroxyl groups excluding tert-OH is 1. The van der Waals surface area contributed by atoms with Crippen LogP contribution in [0.15, 0.2) is 46.2 Å². The van der Waals surface area contributed by atoms with Crippen molar-refractivity contribution >= 4 is 35.0 Å². The minimum Gasteiger partial charge on any atom is -0.395 e. The maximum absolute atomic E-state index is 9.18. The molecule has 0 aromatic heterocycles. The molecule has 3 nitrogen and oxygen atoms in total. The average Bonchev–Trinajstić information content (AvgIpc) is 2.80. The molecular weight excluding hydrogens is 387 g/mol. The summed E-state index contributed by atoms with van der Waals surface area (Å²) < 4.78 is 0. The summed E-state index contributed by atoms with van der Waals surface area (Å²) in [4.78, 5) is 7.30. The molecule has 2 aliphatic rings. The second-order valence-corrected chi connectivity index (χ2v) is 8.73. The molecule has 2 aliphatic heterocycles. The molecule has 0 radical (unpaired) electrons. The lowest BCUT2D eigenvalue weighted by molar-refractivity contribution is 0.0823. The topological polar surface area (TPSA) is 26.7 Å². The van der Waals surface area contributed by atoms with E-state index in [1.165, 1.54) is 16.0 Å². The van der Waals surface area contributed by atoms with Crippen LogP contribution in [-0.4, -0.2) is 54.2 Å². The van der Waals surface area contributed by atoms with Crippen LogP contribution < -0.4 is 0 Å². The highest BCUT2D eigenvalue weighted by Crippen LogP contribution is 2.46. The van der Waals surface area contributed by atoms with Crippen molar-refractivity contribution in [3.05, 3.63) is 57.6 Å². The van der Waals surface area contributed by atoms with Crippen molar-refractivity contribution in [2.75, 3.05) is 39.3 Å². The molecule has 4 rings (SSSR count). The molecule has 1 atom stereocenters. The Morgan fingerprint density at radius 2 is 1.85 bits per heavy atom. The Labute approximate surface area is 168 Å². The first-order valence-electron chi connectivity index (χ1n) is 8.97. The lowest BCUT2D eigenvalue weighted by Gasteiger charge is -2.39. The lowest BCUT2D eigenvalue weighted by atomic mass is 9.96. The summed E-state index contributed by atoms with van der Waals surface area (Å²) in [5, 5.41) is 10.6. The predicted octanol–water partition coefficient (Wildman–Crippen LogP) is 4.35. The van der Waals surface area contributed by atoms with Crippen LogP contribution in [0.1, 0.15) is 17.2 Å². The number of β-amino-alcohol motifs (C(OH)–C–C–N with tert-alkyl or cyclic N) is 1. The van der Waals surface area contributed by atoms with Gasteiger partial charge in [0.1, 0.15) is 0 Å². The second-order valence-electron chi connectivity index (χ2n) is 6.84. The molecule has 0 spiro atoms. The van der Waals surface area contributed by atoms with E-state index in [1.54, 1.807) is 11.8 Å². The molecule has 1 unspecified atom stereocenters. The third-order valence-electron chi connectivity index (χ3n) is 5.25. The molecule has 26 heavy (non-hydrogen) atoms. The molecule has 1 saturated heterocycles. The highest BCUT2D eigenvalue weighted by molar-refractivity contribution is 7.99. The van der Waals surface area contributed by atoms with Crippen LogP contribution in [0.4, 0.5) is 0 Å². The van der Waals surface area contributed by atoms with Gasteiger partial charge in [0.15, 0.2) is 0 Å². The molecule has 2 heterocycles. The third kappa shape index (κ3) is 3.77. The van der Waals surface area contributed by atoms with Gasteiger partial charge in [-0.3, -0.25) is 9.80 Å². The summed E-state index contributed by atoms with van der Waals surface area (Å²) in [6.07, 6.45) is 0.916. The number of aliphatic hydroxyl groups is 1. The van der Waals surface area contributed by atoms with Crippen LogP contribution in [0.25, 0.3) is 0 Å². The van der Waals surface area contributed by atoms with Crippen LogP contribution in [0.5, 0.6) is 0 Å². The van der Waals surface area contributed by atoms with Crippen molar-refractivity contribution < 1.29 is 5.11 Å². The summed E-state index contributed by atoms with van der Waals surface area (Å²) in [5.74, 6) is 0. The maximum atomic E-state index is 9.18. The van der Waals surface area contributed by atoms with E-state index in [0.717, 1.165) is 49.1 Å². The van der Waals surface area contributed by atoms with Gasteiger partial charge in [0.05, 0.1) is 11.6 Å². The molecular formula is C20H22Cl2N2OS. The molecule has 0 saturated carbocycles. The van der Waals surface area contributed by atoms with E-state index in [0.29, 0.717) is 11.1 Å². The van der Waals surface area contributed by atoms with Crippen molar-refractivity contribution in [3.63, 3.8) is 0 Å². The fourth-order valence-electron chi connectivity index (χ4n) is 3.92. The number of hydrogen-bond acceptors (Lipinski definition) is 4. The summed E-state index contributed by atoms with van der Waals surface area (Å²) in [5.41, 5.74) is 2.60. The largest absolute Gasteiger partial charge is 0.395 e. The smallest absolute Gasteiger partial charge is 0.0563 e. The van der Waals surface area contributed by atoms with Gasteiger partial charge in [0.2, 0.25) is 0 Å². The van der Waals surface area contributed by atoms with E-state index >= 15 is 0 Å². The number of halogens is 2. The van der Waals surface area contributed by atoms with E-state index in [4.69, 9.17) is 23.2 Å². The van der Waals surface area contributed by atoms with Crippen molar-refractivity contribution in [1.82, 2.24) is 9.80 Å². The normalized spacial score (nSPS) is 21.1. The van der Waals surface area contributed by atoms with Gasteiger partial charge in [-0.1, -0.05) is 53.2 Å². The summed E-state index contributed by atoms with van der Waals surface area (Å²) >= 11 is 14.6. The van der Waals surface area contributed by atoms with Gasteiger partial charge in [-0.05, 0) is 35.7 Å². The van der Waals surface area contributed by atoms with Gasteiger partial charge in [-0.25, -0.2) is 0 Å². The summed E-state index contributed by atoms with van der Waals surface area (Å²) in [6.45, 7) is 5.00. The molecule has 2 aromatic carbocycles. The van der Waals surface area contributed by atoms with Gasteiger partial charge in [-0.2, -0.15) is 0 Å². The van der Waals surface area contributed by atoms with Crippen molar-refractivity contribution in [1.29, 1.82) is 0 Å². The van der Waals surface area contributed by atoms with E-state index < -0.39 is 0 Å². The van der Waals surface area contributed by atoms with Crippen molar-refractivity contribution in [2.45, 2.75) is 22.3 Å². The first-order valence-corrected chi connectivity index (χ1v) is 10.5. The molecule has 138 valence electrons. The molecule has 6 heteroatoms. The molecule has 1 N–H and O–H groups in total. The van der Waals surface area contributed by atoms with Gasteiger partial charge < -0.3 is 5.11 Å². The predicted molar refractivity (Wildman–Crippen MR) is 109 cm³/mol. The second kappa shape index (κ2) is 8.09. The fourth-order valence-corrected chi connectivity index (χ4v) is 5.69. The van der Waals surface area contributed by atoms with Crippen LogP contribution in [0.3, 0.4) is 0 Å². The van der Waals surface area contributed by atoms with Gasteiger partial charge in [0, 0.05) is 53.6 Å². The first kappa shape index (κ1) is 18.6. The molecule has 2 aromatic rings. The Morgan fingerprint density at radius 1 is 1.08 bits per heavy atom. The fraction of sp³-hybridized carbons (Fsp3) is 0.400. The Balaban J connectivity index is 1.67. The van der Waals surface area contributed by atoms with E-state index in [2.05, 4.69) is 40.1 Å². The minimum atomic E-state index is 0.229. The van der Waals surface area contributed by atoms with Gasteiger partial charge >= 0.3 is 0 Å². The van der Waals surface area contributed by atoms with E-state index in [-0.39, 0.29) is 6.61 Å². The maximum Gasteiger partial charge on any atom is 0.0563 e. The number of benzene rings is 2. The monoisotopic (exact) mass is 408 g/mol.